The van der Waals surface area contributed by atoms with E-state index in [0.717, 1.165) is 0 Å². The fraction of sp³-hybridized carbons (Fsp3) is 0.571. The molecule has 1 saturated heterocycles. The van der Waals surface area contributed by atoms with E-state index < -0.39 is 5.60 Å². The topological polar surface area (TPSA) is 97.0 Å². The molecule has 1 spiro atoms. The number of amides is 3. The number of hydrogen-bond acceptors (Lipinski definition) is 5. The Morgan fingerprint density at radius 1 is 1.31 bits per heavy atom. The number of carbonyl (C=O) groups excluding carboxylic acids is 3. The Bertz CT molecular complexity index is 817. The van der Waals surface area contributed by atoms with Gasteiger partial charge in [-0.2, -0.15) is 0 Å². The van der Waals surface area contributed by atoms with Crippen LogP contribution in [0.1, 0.15) is 50.4 Å². The third-order valence-electron chi connectivity index (χ3n) is 5.16. The molecule has 1 aromatic carbocycles. The van der Waals surface area contributed by atoms with E-state index in [1.165, 1.54) is 0 Å². The summed E-state index contributed by atoms with van der Waals surface area (Å²) in [5.74, 6) is 0.559. The highest BCUT2D eigenvalue weighted by Gasteiger charge is 2.40. The smallest absolute Gasteiger partial charge is 0.255 e. The molecule has 1 fully saturated rings. The van der Waals surface area contributed by atoms with Crippen LogP contribution >= 0.6 is 0 Å². The predicted octanol–water partition coefficient (Wildman–Crippen LogP) is 1.48. The molecule has 8 nitrogen and oxygen atoms in total. The van der Waals surface area contributed by atoms with Gasteiger partial charge in [0.25, 0.3) is 5.91 Å². The Kier molecular flexibility index (Phi) is 5.73. The molecule has 158 valence electrons. The van der Waals surface area contributed by atoms with Crippen molar-refractivity contribution in [2.24, 2.45) is 0 Å². The third kappa shape index (κ3) is 4.99. The fourth-order valence-electron chi connectivity index (χ4n) is 3.67. The lowest BCUT2D eigenvalue weighted by Crippen LogP contribution is -2.48. The average molecular weight is 403 g/mol. The van der Waals surface area contributed by atoms with Gasteiger partial charge in [-0.1, -0.05) is 0 Å². The Morgan fingerprint density at radius 2 is 2.07 bits per heavy atom. The van der Waals surface area contributed by atoms with Crippen LogP contribution in [0.2, 0.25) is 0 Å². The molecule has 29 heavy (non-hydrogen) atoms. The zero-order chi connectivity index (χ0) is 21.2. The summed E-state index contributed by atoms with van der Waals surface area (Å²) in [5.41, 5.74) is -0.623. The minimum Gasteiger partial charge on any atom is -0.497 e. The van der Waals surface area contributed by atoms with Gasteiger partial charge in [-0.25, -0.2) is 0 Å². The number of fused-ring (bicyclic) bond motifs is 1. The van der Waals surface area contributed by atoms with Crippen LogP contribution in [-0.2, 0) is 9.59 Å². The van der Waals surface area contributed by atoms with Gasteiger partial charge in [-0.3, -0.25) is 14.4 Å². The highest BCUT2D eigenvalue weighted by molar-refractivity contribution is 5.97. The largest absolute Gasteiger partial charge is 0.497 e. The molecule has 2 aliphatic heterocycles. The van der Waals surface area contributed by atoms with Crippen LogP contribution in [0, 0.1) is 0 Å². The van der Waals surface area contributed by atoms with Gasteiger partial charge in [-0.15, -0.1) is 0 Å². The van der Waals surface area contributed by atoms with E-state index in [2.05, 4.69) is 10.6 Å². The number of likely N-dealkylation sites (tertiary alicyclic amines) is 1. The first kappa shape index (κ1) is 21.0. The molecular weight excluding hydrogens is 374 g/mol. The lowest BCUT2D eigenvalue weighted by Gasteiger charge is -2.32. The highest BCUT2D eigenvalue weighted by Crippen LogP contribution is 2.35. The van der Waals surface area contributed by atoms with Gasteiger partial charge < -0.3 is 25.0 Å². The maximum atomic E-state index is 12.6. The maximum Gasteiger partial charge on any atom is 0.255 e. The Labute approximate surface area is 170 Å². The summed E-state index contributed by atoms with van der Waals surface area (Å²) < 4.78 is 11.6. The number of nitrogens with one attached hydrogen (secondary N) is 2. The molecule has 1 atom stereocenters. The first-order chi connectivity index (χ1) is 13.6. The van der Waals surface area contributed by atoms with Gasteiger partial charge in [0.1, 0.15) is 17.1 Å². The summed E-state index contributed by atoms with van der Waals surface area (Å²) in [6.45, 7) is 6.40. The lowest BCUT2D eigenvalue weighted by molar-refractivity contribution is -0.136. The van der Waals surface area contributed by atoms with Crippen molar-refractivity contribution in [2.45, 2.75) is 51.2 Å². The van der Waals surface area contributed by atoms with Crippen molar-refractivity contribution in [1.29, 1.82) is 0 Å². The molecule has 2 N–H and O–H groups in total. The molecule has 2 heterocycles. The number of methoxy groups -OCH3 is 1. The molecule has 8 heteroatoms. The standard InChI is InChI=1S/C21H29N3O5/c1-20(2,3)23-17(25)12-24-10-9-21(8-7-18(24)26)13-22-19(27)15-6-5-14(28-4)11-16(15)29-21/h5-6,11H,7-10,12-13H2,1-4H3,(H,22,27)(H,23,25)/t21-/m0/s1. The van der Waals surface area contributed by atoms with Gasteiger partial charge >= 0.3 is 0 Å². The van der Waals surface area contributed by atoms with Crippen molar-refractivity contribution < 1.29 is 23.9 Å². The summed E-state index contributed by atoms with van der Waals surface area (Å²) in [6.07, 6.45) is 1.22. The molecule has 0 unspecified atom stereocenters. The lowest BCUT2D eigenvalue weighted by atomic mass is 9.94. The zero-order valence-electron chi connectivity index (χ0n) is 17.5. The maximum absolute atomic E-state index is 12.6. The molecule has 1 aromatic rings. The summed E-state index contributed by atoms with van der Waals surface area (Å²) in [6, 6.07) is 5.09. The van der Waals surface area contributed by atoms with Crippen molar-refractivity contribution in [3.8, 4) is 11.5 Å². The second-order valence-electron chi connectivity index (χ2n) is 8.69. The normalized spacial score (nSPS) is 22.1. The summed E-state index contributed by atoms with van der Waals surface area (Å²) in [4.78, 5) is 38.9. The monoisotopic (exact) mass is 403 g/mol. The number of benzene rings is 1. The van der Waals surface area contributed by atoms with Crippen LogP contribution in [0.4, 0.5) is 0 Å². The molecule has 3 amide bonds. The second kappa shape index (κ2) is 7.93. The molecule has 0 bridgehead atoms. The SMILES string of the molecule is COc1ccc2c(c1)O[C@]1(CCC(=O)N(CC(=O)NC(C)(C)C)CC1)CNC2=O. The Balaban J connectivity index is 1.76. The minimum atomic E-state index is -0.710. The number of hydrogen-bond donors (Lipinski definition) is 2. The third-order valence-corrected chi connectivity index (χ3v) is 5.16. The summed E-state index contributed by atoms with van der Waals surface area (Å²) in [5, 5.41) is 5.80. The van der Waals surface area contributed by atoms with Crippen molar-refractivity contribution in [3.63, 3.8) is 0 Å². The van der Waals surface area contributed by atoms with Crippen LogP contribution in [0.25, 0.3) is 0 Å². The van der Waals surface area contributed by atoms with Crippen molar-refractivity contribution in [2.75, 3.05) is 26.7 Å². The van der Waals surface area contributed by atoms with Crippen LogP contribution in [0.5, 0.6) is 11.5 Å². The highest BCUT2D eigenvalue weighted by atomic mass is 16.5. The van der Waals surface area contributed by atoms with Gasteiger partial charge in [-0.05, 0) is 39.3 Å². The fourth-order valence-corrected chi connectivity index (χ4v) is 3.67. The number of ether oxygens (including phenoxy) is 2. The Hall–Kier alpha value is -2.77. The quantitative estimate of drug-likeness (QED) is 0.797. The van der Waals surface area contributed by atoms with Crippen LogP contribution in [0.3, 0.4) is 0 Å². The van der Waals surface area contributed by atoms with Crippen molar-refractivity contribution in [1.82, 2.24) is 15.5 Å². The first-order valence-corrected chi connectivity index (χ1v) is 9.85. The molecule has 2 aliphatic rings. The van der Waals surface area contributed by atoms with Gasteiger partial charge in [0.2, 0.25) is 11.8 Å². The molecule has 0 radical (unpaired) electrons. The van der Waals surface area contributed by atoms with E-state index in [0.29, 0.717) is 43.0 Å². The molecule has 3 rings (SSSR count). The zero-order valence-corrected chi connectivity index (χ0v) is 17.5. The van der Waals surface area contributed by atoms with Crippen molar-refractivity contribution >= 4 is 17.7 Å². The second-order valence-corrected chi connectivity index (χ2v) is 8.69. The Morgan fingerprint density at radius 3 is 2.76 bits per heavy atom. The molecule has 0 saturated carbocycles. The van der Waals surface area contributed by atoms with E-state index in [1.807, 2.05) is 20.8 Å². The van der Waals surface area contributed by atoms with Crippen molar-refractivity contribution in [3.05, 3.63) is 23.8 Å². The van der Waals surface area contributed by atoms with Gasteiger partial charge in [0, 0.05) is 31.0 Å². The minimum absolute atomic E-state index is 0.0168. The first-order valence-electron chi connectivity index (χ1n) is 9.85. The average Bonchev–Trinajstić information content (AvgIpc) is 2.87. The molecule has 0 aliphatic carbocycles. The number of rotatable bonds is 3. The van der Waals surface area contributed by atoms with Gasteiger partial charge in [0.15, 0.2) is 0 Å². The molecular formula is C21H29N3O5. The summed E-state index contributed by atoms with van der Waals surface area (Å²) >= 11 is 0. The molecule has 0 aromatic heterocycles. The number of carbonyl (C=O) groups is 3. The van der Waals surface area contributed by atoms with E-state index >= 15 is 0 Å². The van der Waals surface area contributed by atoms with Crippen LogP contribution < -0.4 is 20.1 Å². The van der Waals surface area contributed by atoms with Crippen LogP contribution in [0.15, 0.2) is 18.2 Å². The number of nitrogens with zero attached hydrogens (tertiary/aromatic N) is 1. The van der Waals surface area contributed by atoms with E-state index in [4.69, 9.17) is 9.47 Å². The van der Waals surface area contributed by atoms with Crippen LogP contribution in [-0.4, -0.2) is 60.5 Å². The van der Waals surface area contributed by atoms with Gasteiger partial charge in [0.05, 0.1) is 25.8 Å². The van der Waals surface area contributed by atoms with E-state index in [1.54, 1.807) is 30.2 Å². The van der Waals surface area contributed by atoms with E-state index in [-0.39, 0.29) is 36.2 Å². The van der Waals surface area contributed by atoms with E-state index in [9.17, 15) is 14.4 Å². The summed E-state index contributed by atoms with van der Waals surface area (Å²) in [7, 11) is 1.55. The predicted molar refractivity (Wildman–Crippen MR) is 107 cm³/mol.